The summed E-state index contributed by atoms with van der Waals surface area (Å²) in [6, 6.07) is 3.94. The second kappa shape index (κ2) is 5.78. The average Bonchev–Trinajstić information content (AvgIpc) is 3.17. The minimum Gasteiger partial charge on any atom is -0.248 e. The smallest absolute Gasteiger partial charge is 0.167 e. The fourth-order valence-corrected chi connectivity index (χ4v) is 4.96. The number of aryl methyl sites for hydroxylation is 3. The first-order valence-electron chi connectivity index (χ1n) is 7.12. The first-order chi connectivity index (χ1) is 11.5. The molecule has 24 heavy (non-hydrogen) atoms. The Morgan fingerprint density at radius 1 is 1.25 bits per heavy atom. The first-order valence-corrected chi connectivity index (χ1v) is 9.39. The van der Waals surface area contributed by atoms with Crippen molar-refractivity contribution in [2.45, 2.75) is 13.8 Å². The van der Waals surface area contributed by atoms with Crippen LogP contribution < -0.4 is 0 Å². The van der Waals surface area contributed by atoms with E-state index < -0.39 is 0 Å². The fourth-order valence-electron chi connectivity index (χ4n) is 2.63. The van der Waals surface area contributed by atoms with Crippen molar-refractivity contribution in [3.05, 3.63) is 38.4 Å². The van der Waals surface area contributed by atoms with Crippen LogP contribution in [0.2, 0.25) is 5.02 Å². The van der Waals surface area contributed by atoms with E-state index in [2.05, 4.69) is 42.8 Å². The van der Waals surface area contributed by atoms with Gasteiger partial charge in [-0.1, -0.05) is 11.6 Å². The van der Waals surface area contributed by atoms with Gasteiger partial charge in [-0.15, -0.1) is 11.3 Å². The van der Waals surface area contributed by atoms with Crippen LogP contribution in [0.4, 0.5) is 0 Å². The molecule has 0 radical (unpaired) electrons. The predicted octanol–water partition coefficient (Wildman–Crippen LogP) is 4.13. The standard InChI is InChI=1S/C15H12ClIN6S/c1-7-4-10(17)14-20-8(2)12(23(14)21-7)13-9(16)5-11(24-13)15-18-6-19-22(15)3/h4-6H,1-3H3. The van der Waals surface area contributed by atoms with Gasteiger partial charge >= 0.3 is 0 Å². The molecular weight excluding hydrogens is 459 g/mol. The highest BCUT2D eigenvalue weighted by atomic mass is 127. The Hall–Kier alpha value is -1.52. The third-order valence-electron chi connectivity index (χ3n) is 3.67. The van der Waals surface area contributed by atoms with Crippen LogP contribution in [0.15, 0.2) is 18.5 Å². The molecule has 0 saturated heterocycles. The average molecular weight is 471 g/mol. The number of nitrogens with zero attached hydrogens (tertiary/aromatic N) is 6. The van der Waals surface area contributed by atoms with Crippen molar-refractivity contribution < 1.29 is 0 Å². The van der Waals surface area contributed by atoms with Gasteiger partial charge in [0.1, 0.15) is 12.0 Å². The van der Waals surface area contributed by atoms with Crippen LogP contribution in [0, 0.1) is 17.4 Å². The highest BCUT2D eigenvalue weighted by molar-refractivity contribution is 14.1. The maximum absolute atomic E-state index is 6.54. The van der Waals surface area contributed by atoms with E-state index in [0.717, 1.165) is 41.9 Å². The topological polar surface area (TPSA) is 60.9 Å². The van der Waals surface area contributed by atoms with Crippen LogP contribution >= 0.6 is 45.5 Å². The van der Waals surface area contributed by atoms with E-state index >= 15 is 0 Å². The fraction of sp³-hybridized carbons (Fsp3) is 0.200. The van der Waals surface area contributed by atoms with Gasteiger partial charge in [0, 0.05) is 7.05 Å². The van der Waals surface area contributed by atoms with E-state index in [1.54, 1.807) is 16.0 Å². The summed E-state index contributed by atoms with van der Waals surface area (Å²) in [6.45, 7) is 3.95. The van der Waals surface area contributed by atoms with Crippen molar-refractivity contribution in [1.29, 1.82) is 0 Å². The molecule has 6 nitrogen and oxygen atoms in total. The SMILES string of the molecule is Cc1cc(I)c2nc(C)c(-c3sc(-c4ncnn4C)cc3Cl)n2n1. The van der Waals surface area contributed by atoms with Gasteiger partial charge in [-0.25, -0.2) is 19.2 Å². The molecule has 0 aliphatic carbocycles. The molecule has 0 atom stereocenters. The van der Waals surface area contributed by atoms with E-state index in [1.165, 1.54) is 6.33 Å². The maximum atomic E-state index is 6.54. The third-order valence-corrected chi connectivity index (χ3v) is 6.01. The lowest BCUT2D eigenvalue weighted by molar-refractivity contribution is 0.776. The van der Waals surface area contributed by atoms with Gasteiger partial charge in [0.25, 0.3) is 0 Å². The molecule has 0 bridgehead atoms. The molecule has 0 saturated carbocycles. The first kappa shape index (κ1) is 16.0. The molecule has 0 aliphatic rings. The Balaban J connectivity index is 1.97. The summed E-state index contributed by atoms with van der Waals surface area (Å²) in [4.78, 5) is 10.9. The third kappa shape index (κ3) is 2.44. The van der Waals surface area contributed by atoms with Crippen molar-refractivity contribution in [2.75, 3.05) is 0 Å². The van der Waals surface area contributed by atoms with Crippen LogP contribution in [-0.4, -0.2) is 29.4 Å². The minimum atomic E-state index is 0.668. The predicted molar refractivity (Wildman–Crippen MR) is 103 cm³/mol. The minimum absolute atomic E-state index is 0.668. The lowest BCUT2D eigenvalue weighted by atomic mass is 10.3. The second-order valence-electron chi connectivity index (χ2n) is 5.41. The van der Waals surface area contributed by atoms with E-state index in [1.807, 2.05) is 37.5 Å². The Morgan fingerprint density at radius 2 is 2.04 bits per heavy atom. The largest absolute Gasteiger partial charge is 0.248 e. The van der Waals surface area contributed by atoms with Crippen LogP contribution in [-0.2, 0) is 7.05 Å². The summed E-state index contributed by atoms with van der Waals surface area (Å²) in [5.74, 6) is 0.790. The molecular formula is C15H12ClIN6S. The Bertz CT molecular complexity index is 1080. The van der Waals surface area contributed by atoms with Crippen molar-refractivity contribution in [3.8, 4) is 21.3 Å². The lowest BCUT2D eigenvalue weighted by Crippen LogP contribution is -1.98. The molecule has 0 aromatic carbocycles. The van der Waals surface area contributed by atoms with Crippen molar-refractivity contribution >= 4 is 51.2 Å². The number of fused-ring (bicyclic) bond motifs is 1. The molecule has 0 unspecified atom stereocenters. The van der Waals surface area contributed by atoms with Gasteiger partial charge in [0.05, 0.1) is 29.7 Å². The van der Waals surface area contributed by atoms with Crippen LogP contribution in [0.25, 0.3) is 26.9 Å². The zero-order chi connectivity index (χ0) is 17.0. The molecule has 0 amide bonds. The normalized spacial score (nSPS) is 11.5. The van der Waals surface area contributed by atoms with Crippen molar-refractivity contribution in [3.63, 3.8) is 0 Å². The highest BCUT2D eigenvalue weighted by Gasteiger charge is 2.21. The van der Waals surface area contributed by atoms with Crippen molar-refractivity contribution in [1.82, 2.24) is 29.4 Å². The molecule has 4 aromatic heterocycles. The molecule has 4 aromatic rings. The van der Waals surface area contributed by atoms with Gasteiger partial charge in [0.2, 0.25) is 0 Å². The summed E-state index contributed by atoms with van der Waals surface area (Å²) in [7, 11) is 1.86. The Morgan fingerprint density at radius 3 is 2.75 bits per heavy atom. The summed E-state index contributed by atoms with van der Waals surface area (Å²) >= 11 is 10.4. The van der Waals surface area contributed by atoms with Crippen molar-refractivity contribution in [2.24, 2.45) is 7.05 Å². The molecule has 0 fully saturated rings. The van der Waals surface area contributed by atoms with E-state index in [9.17, 15) is 0 Å². The quantitative estimate of drug-likeness (QED) is 0.413. The molecule has 4 heterocycles. The maximum Gasteiger partial charge on any atom is 0.167 e. The van der Waals surface area contributed by atoms with E-state index in [-0.39, 0.29) is 0 Å². The number of thiophene rings is 1. The molecule has 0 spiro atoms. The number of rotatable bonds is 2. The number of hydrogen-bond donors (Lipinski definition) is 0. The van der Waals surface area contributed by atoms with Gasteiger partial charge in [0.15, 0.2) is 11.5 Å². The van der Waals surface area contributed by atoms with Crippen LogP contribution in [0.5, 0.6) is 0 Å². The highest BCUT2D eigenvalue weighted by Crippen LogP contribution is 2.41. The van der Waals surface area contributed by atoms with E-state index in [4.69, 9.17) is 11.6 Å². The summed E-state index contributed by atoms with van der Waals surface area (Å²) in [6.07, 6.45) is 1.54. The molecule has 9 heteroatoms. The lowest BCUT2D eigenvalue weighted by Gasteiger charge is -2.03. The molecule has 4 rings (SSSR count). The molecule has 122 valence electrons. The van der Waals surface area contributed by atoms with Crippen LogP contribution in [0.1, 0.15) is 11.4 Å². The Labute approximate surface area is 160 Å². The number of hydrogen-bond acceptors (Lipinski definition) is 5. The second-order valence-corrected chi connectivity index (χ2v) is 8.03. The Kier molecular flexibility index (Phi) is 3.85. The van der Waals surface area contributed by atoms with E-state index in [0.29, 0.717) is 5.02 Å². The number of halogens is 2. The summed E-state index contributed by atoms with van der Waals surface area (Å²) in [5, 5.41) is 9.42. The zero-order valence-corrected chi connectivity index (χ0v) is 16.8. The number of aromatic nitrogens is 6. The summed E-state index contributed by atoms with van der Waals surface area (Å²) < 4.78 is 4.68. The molecule has 0 N–H and O–H groups in total. The number of imidazole rings is 1. The molecule has 0 aliphatic heterocycles. The van der Waals surface area contributed by atoms with Gasteiger partial charge in [-0.3, -0.25) is 0 Å². The van der Waals surface area contributed by atoms with Crippen LogP contribution in [0.3, 0.4) is 0 Å². The van der Waals surface area contributed by atoms with Gasteiger partial charge in [-0.05, 0) is 48.6 Å². The van der Waals surface area contributed by atoms with Gasteiger partial charge < -0.3 is 0 Å². The monoisotopic (exact) mass is 470 g/mol. The summed E-state index contributed by atoms with van der Waals surface area (Å²) in [5.41, 5.74) is 3.61. The zero-order valence-electron chi connectivity index (χ0n) is 13.1. The van der Waals surface area contributed by atoms with Gasteiger partial charge in [-0.2, -0.15) is 10.2 Å².